The summed E-state index contributed by atoms with van der Waals surface area (Å²) in [5.41, 5.74) is 9.64. The molecule has 0 saturated carbocycles. The highest BCUT2D eigenvalue weighted by Gasteiger charge is 2.11. The van der Waals surface area contributed by atoms with Gasteiger partial charge in [-0.2, -0.15) is 0 Å². The number of furan rings is 1. The number of benzene rings is 5. The van der Waals surface area contributed by atoms with Crippen LogP contribution in [0, 0.1) is 5.41 Å². The van der Waals surface area contributed by atoms with Gasteiger partial charge in [0.25, 0.3) is 0 Å². The number of hydrogen-bond acceptors (Lipinski definition) is 2. The van der Waals surface area contributed by atoms with Crippen molar-refractivity contribution in [1.29, 1.82) is 5.41 Å². The van der Waals surface area contributed by atoms with E-state index < -0.39 is 0 Å². The molecule has 2 heteroatoms. The molecule has 0 amide bonds. The zero-order valence-electron chi connectivity index (χ0n) is 18.0. The third-order valence-corrected chi connectivity index (χ3v) is 6.20. The van der Waals surface area contributed by atoms with Crippen molar-refractivity contribution < 1.29 is 4.42 Å². The average molecular weight is 424 g/mol. The summed E-state index contributed by atoms with van der Waals surface area (Å²) >= 11 is 0. The van der Waals surface area contributed by atoms with Crippen molar-refractivity contribution in [2.45, 2.75) is 0 Å². The lowest BCUT2D eigenvalue weighted by Gasteiger charge is -2.08. The van der Waals surface area contributed by atoms with Crippen LogP contribution in [0.4, 0.5) is 0 Å². The van der Waals surface area contributed by atoms with E-state index in [2.05, 4.69) is 84.9 Å². The molecule has 1 heterocycles. The van der Waals surface area contributed by atoms with Crippen LogP contribution in [0.3, 0.4) is 0 Å². The van der Waals surface area contributed by atoms with Gasteiger partial charge in [0.05, 0.1) is 0 Å². The Balaban J connectivity index is 1.40. The van der Waals surface area contributed by atoms with Crippen LogP contribution in [0.1, 0.15) is 5.56 Å². The molecule has 0 radical (unpaired) electrons. The quantitative estimate of drug-likeness (QED) is 0.283. The lowest BCUT2D eigenvalue weighted by Crippen LogP contribution is -1.83. The van der Waals surface area contributed by atoms with Gasteiger partial charge in [0.1, 0.15) is 11.2 Å². The number of hydrogen-bond donors (Lipinski definition) is 1. The molecule has 0 unspecified atom stereocenters. The largest absolute Gasteiger partial charge is 0.456 e. The summed E-state index contributed by atoms with van der Waals surface area (Å²) < 4.78 is 6.02. The zero-order valence-corrected chi connectivity index (χ0v) is 18.0. The number of fused-ring (bicyclic) bond motifs is 3. The van der Waals surface area contributed by atoms with Crippen molar-refractivity contribution in [2.75, 3.05) is 0 Å². The molecule has 0 aliphatic heterocycles. The molecule has 33 heavy (non-hydrogen) atoms. The Hall–Kier alpha value is -4.43. The van der Waals surface area contributed by atoms with Crippen molar-refractivity contribution in [3.63, 3.8) is 0 Å². The van der Waals surface area contributed by atoms with Crippen LogP contribution in [0.15, 0.2) is 120 Å². The highest BCUT2D eigenvalue weighted by Crippen LogP contribution is 2.35. The molecule has 1 aromatic heterocycles. The molecule has 0 aliphatic rings. The van der Waals surface area contributed by atoms with E-state index in [1.54, 1.807) is 0 Å². The Morgan fingerprint density at radius 3 is 1.82 bits per heavy atom. The summed E-state index contributed by atoms with van der Waals surface area (Å²) in [4.78, 5) is 0. The van der Waals surface area contributed by atoms with E-state index in [4.69, 9.17) is 9.83 Å². The molecule has 0 atom stereocenters. The predicted molar refractivity (Wildman–Crippen MR) is 138 cm³/mol. The third kappa shape index (κ3) is 3.42. The molecule has 1 N–H and O–H groups in total. The van der Waals surface area contributed by atoms with Gasteiger partial charge in [-0.3, -0.25) is 0 Å². The van der Waals surface area contributed by atoms with Gasteiger partial charge < -0.3 is 9.83 Å². The van der Waals surface area contributed by atoms with Crippen LogP contribution >= 0.6 is 0 Å². The predicted octanol–water partition coefficient (Wildman–Crippen LogP) is 8.58. The molecule has 156 valence electrons. The van der Waals surface area contributed by atoms with Gasteiger partial charge >= 0.3 is 0 Å². The monoisotopic (exact) mass is 423 g/mol. The fourth-order valence-corrected chi connectivity index (χ4v) is 4.52. The molecule has 0 spiro atoms. The number of rotatable bonds is 4. The molecule has 0 bridgehead atoms. The molecule has 5 aromatic carbocycles. The van der Waals surface area contributed by atoms with E-state index in [-0.39, 0.29) is 0 Å². The van der Waals surface area contributed by atoms with E-state index in [0.29, 0.717) is 0 Å². The van der Waals surface area contributed by atoms with Crippen molar-refractivity contribution in [2.24, 2.45) is 0 Å². The van der Waals surface area contributed by atoms with Gasteiger partial charge in [-0.05, 0) is 57.6 Å². The Morgan fingerprint density at radius 1 is 0.485 bits per heavy atom. The topological polar surface area (TPSA) is 37.0 Å². The molecular weight excluding hydrogens is 402 g/mol. The van der Waals surface area contributed by atoms with Gasteiger partial charge in [0.15, 0.2) is 0 Å². The van der Waals surface area contributed by atoms with Crippen LogP contribution in [0.2, 0.25) is 0 Å². The first-order valence-electron chi connectivity index (χ1n) is 11.0. The maximum absolute atomic E-state index is 7.78. The van der Waals surface area contributed by atoms with Crippen LogP contribution < -0.4 is 0 Å². The van der Waals surface area contributed by atoms with Gasteiger partial charge in [0.2, 0.25) is 0 Å². The van der Waals surface area contributed by atoms with E-state index in [0.717, 1.165) is 38.6 Å². The second-order valence-electron chi connectivity index (χ2n) is 8.20. The van der Waals surface area contributed by atoms with E-state index >= 15 is 0 Å². The second kappa shape index (κ2) is 7.92. The lowest BCUT2D eigenvalue weighted by molar-refractivity contribution is 0.669. The van der Waals surface area contributed by atoms with E-state index in [9.17, 15) is 0 Å². The Kier molecular flexibility index (Phi) is 4.63. The van der Waals surface area contributed by atoms with Gasteiger partial charge in [-0.1, -0.05) is 91.0 Å². The third-order valence-electron chi connectivity index (χ3n) is 6.20. The Labute approximate surface area is 192 Å². The maximum atomic E-state index is 7.78. The summed E-state index contributed by atoms with van der Waals surface area (Å²) in [6.45, 7) is 0. The first kappa shape index (κ1) is 19.3. The number of nitrogens with one attached hydrogen (secondary N) is 1. The van der Waals surface area contributed by atoms with Crippen LogP contribution in [-0.4, -0.2) is 6.21 Å². The minimum atomic E-state index is 0.815. The molecule has 6 aromatic rings. The van der Waals surface area contributed by atoms with Crippen molar-refractivity contribution in [3.05, 3.63) is 121 Å². The van der Waals surface area contributed by atoms with Crippen molar-refractivity contribution in [3.8, 4) is 33.4 Å². The van der Waals surface area contributed by atoms with Crippen LogP contribution in [0.25, 0.3) is 55.3 Å². The fourth-order valence-electron chi connectivity index (χ4n) is 4.52. The summed E-state index contributed by atoms with van der Waals surface area (Å²) in [7, 11) is 0. The molecule has 0 fully saturated rings. The van der Waals surface area contributed by atoms with E-state index in [1.807, 2.05) is 30.3 Å². The summed E-state index contributed by atoms with van der Waals surface area (Å²) in [5.74, 6) is 0. The fraction of sp³-hybridized carbons (Fsp3) is 0. The molecule has 2 nitrogen and oxygen atoms in total. The minimum absolute atomic E-state index is 0.815. The zero-order chi connectivity index (χ0) is 22.2. The van der Waals surface area contributed by atoms with Gasteiger partial charge in [0, 0.05) is 22.6 Å². The smallest absolute Gasteiger partial charge is 0.136 e. The molecular formula is C31H21NO. The van der Waals surface area contributed by atoms with Gasteiger partial charge in [-0.25, -0.2) is 0 Å². The van der Waals surface area contributed by atoms with Crippen LogP contribution in [0.5, 0.6) is 0 Å². The highest BCUT2D eigenvalue weighted by molar-refractivity contribution is 6.13. The summed E-state index contributed by atoms with van der Waals surface area (Å²) in [6.07, 6.45) is 1.39. The van der Waals surface area contributed by atoms with Crippen LogP contribution in [-0.2, 0) is 0 Å². The Bertz CT molecular complexity index is 1610. The SMILES string of the molecule is N=Cc1cccc2oc3ccc(-c4cccc(-c5ccc(-c6ccccc6)cc5)c4)cc3c12. The Morgan fingerprint density at radius 2 is 1.06 bits per heavy atom. The average Bonchev–Trinajstić information content (AvgIpc) is 3.27. The standard InChI is InChI=1S/C31H21NO/c32-20-27-10-5-11-30-31(27)28-19-26(16-17-29(28)33-30)25-9-4-8-24(18-25)23-14-12-22(13-15-23)21-6-2-1-3-7-21/h1-20,32H. The molecule has 0 aliphatic carbocycles. The van der Waals surface area contributed by atoms with Crippen molar-refractivity contribution in [1.82, 2.24) is 0 Å². The molecule has 0 saturated heterocycles. The lowest BCUT2D eigenvalue weighted by atomic mass is 9.96. The van der Waals surface area contributed by atoms with Crippen molar-refractivity contribution >= 4 is 28.2 Å². The van der Waals surface area contributed by atoms with E-state index in [1.165, 1.54) is 28.5 Å². The first-order valence-corrected chi connectivity index (χ1v) is 11.0. The summed E-state index contributed by atoms with van der Waals surface area (Å²) in [5, 5.41) is 9.82. The minimum Gasteiger partial charge on any atom is -0.456 e. The highest BCUT2D eigenvalue weighted by atomic mass is 16.3. The first-order chi connectivity index (χ1) is 16.3. The van der Waals surface area contributed by atoms with Gasteiger partial charge in [-0.15, -0.1) is 0 Å². The summed E-state index contributed by atoms with van der Waals surface area (Å²) in [6, 6.07) is 40.0. The normalized spacial score (nSPS) is 11.2. The maximum Gasteiger partial charge on any atom is 0.136 e. The second-order valence-corrected chi connectivity index (χ2v) is 8.20. The molecule has 6 rings (SSSR count).